The van der Waals surface area contributed by atoms with Crippen molar-refractivity contribution < 1.29 is 32.5 Å². The van der Waals surface area contributed by atoms with E-state index in [1.54, 1.807) is 12.4 Å². The van der Waals surface area contributed by atoms with E-state index in [0.29, 0.717) is 17.9 Å². The molecule has 3 heterocycles. The molecule has 0 bridgehead atoms. The maximum absolute atomic E-state index is 15.0. The van der Waals surface area contributed by atoms with Gasteiger partial charge in [-0.3, -0.25) is 4.98 Å². The molecule has 0 aliphatic carbocycles. The molecule has 3 aromatic rings. The molecule has 3 N–H and O–H groups in total. The van der Waals surface area contributed by atoms with Gasteiger partial charge in [-0.05, 0) is 65.2 Å². The molecule has 12 heteroatoms. The molecule has 1 aromatic carbocycles. The summed E-state index contributed by atoms with van der Waals surface area (Å²) in [4.78, 5) is 23.0. The number of halogens is 3. The minimum atomic E-state index is -1.21. The van der Waals surface area contributed by atoms with Crippen molar-refractivity contribution in [2.45, 2.75) is 71.8 Å². The van der Waals surface area contributed by atoms with Crippen molar-refractivity contribution in [3.05, 3.63) is 65.9 Å². The molecule has 1 aliphatic rings. The Hall–Kier alpha value is -4.06. The molecule has 1 amide bonds. The van der Waals surface area contributed by atoms with Gasteiger partial charge in [0.2, 0.25) is 0 Å². The molecule has 0 radical (unpaired) electrons. The van der Waals surface area contributed by atoms with E-state index in [2.05, 4.69) is 32.4 Å². The minimum Gasteiger partial charge on any atom is -0.490 e. The predicted octanol–water partition coefficient (Wildman–Crippen LogP) is 6.06. The first-order valence-corrected chi connectivity index (χ1v) is 14.5. The molecule has 2 atom stereocenters. The molecule has 0 saturated carbocycles. The van der Waals surface area contributed by atoms with Crippen molar-refractivity contribution in [3.8, 4) is 17.0 Å². The van der Waals surface area contributed by atoms with Crippen LogP contribution in [-0.4, -0.2) is 58.1 Å². The second-order valence-electron chi connectivity index (χ2n) is 12.8. The predicted molar refractivity (Wildman–Crippen MR) is 162 cm³/mol. The summed E-state index contributed by atoms with van der Waals surface area (Å²) in [5, 5.41) is 16.1. The third-order valence-electron chi connectivity index (χ3n) is 6.73. The summed E-state index contributed by atoms with van der Waals surface area (Å²) in [5.74, 6) is -2.83. The SMILES string of the molecule is C[C@@H]1C[C@H](NC(=O)OC(C)(C)C)CN(c2ccncc2NCc2ccc(F)c(-c3c(F)cc(OCC(C)(C)O)cc3F)n2)C1. The average Bonchev–Trinajstić information content (AvgIpc) is 2.90. The van der Waals surface area contributed by atoms with Crippen LogP contribution >= 0.6 is 0 Å². The smallest absolute Gasteiger partial charge is 0.407 e. The van der Waals surface area contributed by atoms with Crippen molar-refractivity contribution >= 4 is 17.5 Å². The Kier molecular flexibility index (Phi) is 9.92. The van der Waals surface area contributed by atoms with Gasteiger partial charge in [0.05, 0.1) is 41.0 Å². The molecule has 4 rings (SSSR count). The Morgan fingerprint density at radius 3 is 2.43 bits per heavy atom. The molecule has 0 spiro atoms. The van der Waals surface area contributed by atoms with E-state index in [1.807, 2.05) is 26.8 Å². The maximum Gasteiger partial charge on any atom is 0.407 e. The lowest BCUT2D eigenvalue weighted by molar-refractivity contribution is 0.0282. The standard InChI is InChI=1S/C32H40F3N5O4/c1-19-11-21(39-30(41)44-31(2,3)4)17-40(16-19)27-9-10-36-15-26(27)37-14-20-7-8-23(33)29(38-20)28-24(34)12-22(13-25(28)35)43-18-32(5,6)42/h7-10,12-13,15,19,21,37,42H,11,14,16-18H2,1-6H3,(H,39,41)/t19-,21+/m1/s1. The number of benzene rings is 1. The number of aliphatic hydroxyl groups is 1. The molecule has 0 unspecified atom stereocenters. The van der Waals surface area contributed by atoms with E-state index in [0.717, 1.165) is 36.9 Å². The molecule has 238 valence electrons. The van der Waals surface area contributed by atoms with Crippen LogP contribution in [0.1, 0.15) is 53.7 Å². The molecule has 1 saturated heterocycles. The molecular weight excluding hydrogens is 575 g/mol. The third-order valence-corrected chi connectivity index (χ3v) is 6.73. The number of nitrogens with zero attached hydrogens (tertiary/aromatic N) is 3. The summed E-state index contributed by atoms with van der Waals surface area (Å²) in [6, 6.07) is 6.14. The highest BCUT2D eigenvalue weighted by molar-refractivity contribution is 5.71. The Morgan fingerprint density at radius 1 is 1.07 bits per heavy atom. The van der Waals surface area contributed by atoms with Gasteiger partial charge in [0, 0.05) is 37.5 Å². The van der Waals surface area contributed by atoms with Gasteiger partial charge >= 0.3 is 6.09 Å². The summed E-state index contributed by atoms with van der Waals surface area (Å²) in [6.07, 6.45) is 3.66. The van der Waals surface area contributed by atoms with Crippen LogP contribution in [0, 0.1) is 23.4 Å². The van der Waals surface area contributed by atoms with Crippen LogP contribution in [-0.2, 0) is 11.3 Å². The Bertz CT molecular complexity index is 1450. The second kappa shape index (κ2) is 13.3. The van der Waals surface area contributed by atoms with E-state index in [-0.39, 0.29) is 30.9 Å². The van der Waals surface area contributed by atoms with Gasteiger partial charge in [-0.2, -0.15) is 0 Å². The number of hydrogen-bond acceptors (Lipinski definition) is 8. The van der Waals surface area contributed by atoms with Gasteiger partial charge < -0.3 is 30.1 Å². The molecule has 44 heavy (non-hydrogen) atoms. The maximum atomic E-state index is 15.0. The molecule has 9 nitrogen and oxygen atoms in total. The first kappa shape index (κ1) is 32.8. The Balaban J connectivity index is 1.50. The quantitative estimate of drug-likeness (QED) is 0.267. The van der Waals surface area contributed by atoms with E-state index >= 15 is 8.78 Å². The Labute approximate surface area is 255 Å². The number of carbonyl (C=O) groups excluding carboxylic acids is 1. The van der Waals surface area contributed by atoms with E-state index < -0.39 is 46.0 Å². The Morgan fingerprint density at radius 2 is 1.77 bits per heavy atom. The van der Waals surface area contributed by atoms with Crippen LogP contribution in [0.25, 0.3) is 11.3 Å². The fourth-order valence-corrected chi connectivity index (χ4v) is 4.99. The molecule has 1 aliphatic heterocycles. The van der Waals surface area contributed by atoms with Gasteiger partial charge in [-0.1, -0.05) is 6.92 Å². The van der Waals surface area contributed by atoms with E-state index in [1.165, 1.54) is 19.9 Å². The monoisotopic (exact) mass is 615 g/mol. The number of hydrogen-bond donors (Lipinski definition) is 3. The van der Waals surface area contributed by atoms with Crippen LogP contribution in [0.15, 0.2) is 42.7 Å². The van der Waals surface area contributed by atoms with Crippen LogP contribution in [0.4, 0.5) is 29.3 Å². The summed E-state index contributed by atoms with van der Waals surface area (Å²) in [5.41, 5.74) is -1.03. The highest BCUT2D eigenvalue weighted by Crippen LogP contribution is 2.32. The number of piperidine rings is 1. The summed E-state index contributed by atoms with van der Waals surface area (Å²) < 4.78 is 55.5. The molecular formula is C32H40F3N5O4. The molecule has 2 aromatic heterocycles. The number of carbonyl (C=O) groups is 1. The zero-order valence-corrected chi connectivity index (χ0v) is 25.9. The largest absolute Gasteiger partial charge is 0.490 e. The zero-order valence-electron chi connectivity index (χ0n) is 25.9. The van der Waals surface area contributed by atoms with Gasteiger partial charge in [-0.15, -0.1) is 0 Å². The fourth-order valence-electron chi connectivity index (χ4n) is 4.99. The summed E-state index contributed by atoms with van der Waals surface area (Å²) >= 11 is 0. The van der Waals surface area contributed by atoms with Crippen molar-refractivity contribution in [3.63, 3.8) is 0 Å². The van der Waals surface area contributed by atoms with Crippen LogP contribution < -0.4 is 20.3 Å². The van der Waals surface area contributed by atoms with Crippen molar-refractivity contribution in [1.29, 1.82) is 0 Å². The third kappa shape index (κ3) is 8.98. The van der Waals surface area contributed by atoms with E-state index in [9.17, 15) is 14.3 Å². The number of aromatic nitrogens is 2. The van der Waals surface area contributed by atoms with Crippen molar-refractivity contribution in [2.24, 2.45) is 5.92 Å². The van der Waals surface area contributed by atoms with Gasteiger partial charge in [-0.25, -0.2) is 22.9 Å². The lowest BCUT2D eigenvalue weighted by Gasteiger charge is -2.39. The highest BCUT2D eigenvalue weighted by Gasteiger charge is 2.29. The highest BCUT2D eigenvalue weighted by atomic mass is 19.1. The summed E-state index contributed by atoms with van der Waals surface area (Å²) in [6.45, 7) is 11.8. The van der Waals surface area contributed by atoms with Crippen LogP contribution in [0.5, 0.6) is 5.75 Å². The van der Waals surface area contributed by atoms with Gasteiger partial charge in [0.15, 0.2) is 0 Å². The number of pyridine rings is 2. The average molecular weight is 616 g/mol. The minimum absolute atomic E-state index is 0.116. The normalized spacial score (nSPS) is 17.3. The number of anilines is 2. The first-order valence-electron chi connectivity index (χ1n) is 14.5. The van der Waals surface area contributed by atoms with Crippen molar-refractivity contribution in [2.75, 3.05) is 29.9 Å². The molecule has 1 fully saturated rings. The number of ether oxygens (including phenoxy) is 2. The van der Waals surface area contributed by atoms with Crippen molar-refractivity contribution in [1.82, 2.24) is 15.3 Å². The first-order chi connectivity index (χ1) is 20.6. The van der Waals surface area contributed by atoms with Crippen LogP contribution in [0.2, 0.25) is 0 Å². The number of nitrogens with one attached hydrogen (secondary N) is 2. The lowest BCUT2D eigenvalue weighted by Crippen LogP contribution is -2.51. The van der Waals surface area contributed by atoms with Crippen LogP contribution in [0.3, 0.4) is 0 Å². The van der Waals surface area contributed by atoms with E-state index in [4.69, 9.17) is 9.47 Å². The summed E-state index contributed by atoms with van der Waals surface area (Å²) in [7, 11) is 0. The van der Waals surface area contributed by atoms with Gasteiger partial charge in [0.1, 0.15) is 41.1 Å². The zero-order chi connectivity index (χ0) is 32.2. The number of alkyl carbamates (subject to hydrolysis) is 1. The number of rotatable bonds is 9. The second-order valence-corrected chi connectivity index (χ2v) is 12.8. The van der Waals surface area contributed by atoms with Gasteiger partial charge in [0.25, 0.3) is 0 Å². The fraction of sp³-hybridized carbons (Fsp3) is 0.469. The topological polar surface area (TPSA) is 109 Å². The number of amides is 1. The lowest BCUT2D eigenvalue weighted by atomic mass is 9.95.